The van der Waals surface area contributed by atoms with E-state index in [9.17, 15) is 18.3 Å². The van der Waals surface area contributed by atoms with Crippen LogP contribution in [0.15, 0.2) is 59.5 Å². The Morgan fingerprint density at radius 3 is 2.18 bits per heavy atom. The van der Waals surface area contributed by atoms with Crippen LogP contribution >= 0.6 is 0 Å². The van der Waals surface area contributed by atoms with E-state index >= 15 is 0 Å². The summed E-state index contributed by atoms with van der Waals surface area (Å²) in [6.07, 6.45) is 0. The number of benzene rings is 2. The molecule has 0 bridgehead atoms. The van der Waals surface area contributed by atoms with Gasteiger partial charge in [0.2, 0.25) is 10.0 Å². The number of ether oxygens (including phenoxy) is 1. The summed E-state index contributed by atoms with van der Waals surface area (Å²) >= 11 is 0. The number of methoxy groups -OCH3 is 1. The second-order valence-electron chi connectivity index (χ2n) is 4.48. The van der Waals surface area contributed by atoms with Crippen LogP contribution in [-0.4, -0.2) is 26.6 Å². The van der Waals surface area contributed by atoms with Crippen LogP contribution in [0.4, 0.5) is 0 Å². The number of aliphatic carboxylic acids is 1. The van der Waals surface area contributed by atoms with Gasteiger partial charge in [-0.2, -0.15) is 4.72 Å². The van der Waals surface area contributed by atoms with E-state index in [2.05, 4.69) is 4.72 Å². The third-order valence-corrected chi connectivity index (χ3v) is 4.46. The van der Waals surface area contributed by atoms with Crippen molar-refractivity contribution in [3.05, 3.63) is 60.2 Å². The standard InChI is InChI=1S/C15H15NO5S/c1-21-12-7-9-13(10-8-12)22(19,20)16-14(15(17)18)11-5-3-2-4-6-11/h2-10,14,16H,1H3,(H,17,18)/t14-/m1/s1. The van der Waals surface area contributed by atoms with Crippen molar-refractivity contribution in [3.63, 3.8) is 0 Å². The zero-order valence-electron chi connectivity index (χ0n) is 11.8. The molecule has 0 saturated carbocycles. The first-order chi connectivity index (χ1) is 10.4. The molecule has 2 aromatic carbocycles. The first-order valence-electron chi connectivity index (χ1n) is 6.38. The van der Waals surface area contributed by atoms with Crippen molar-refractivity contribution >= 4 is 16.0 Å². The van der Waals surface area contributed by atoms with Crippen LogP contribution in [0.5, 0.6) is 5.75 Å². The number of carboxylic acids is 1. The molecule has 0 heterocycles. The smallest absolute Gasteiger partial charge is 0.326 e. The fraction of sp³-hybridized carbons (Fsp3) is 0.133. The van der Waals surface area contributed by atoms with Crippen molar-refractivity contribution in [2.24, 2.45) is 0 Å². The Morgan fingerprint density at radius 2 is 1.68 bits per heavy atom. The molecule has 0 saturated heterocycles. The minimum absolute atomic E-state index is 0.0320. The fourth-order valence-corrected chi connectivity index (χ4v) is 3.06. The van der Waals surface area contributed by atoms with Gasteiger partial charge in [-0.05, 0) is 29.8 Å². The van der Waals surface area contributed by atoms with E-state index in [0.717, 1.165) is 0 Å². The van der Waals surface area contributed by atoms with Crippen molar-refractivity contribution in [2.75, 3.05) is 7.11 Å². The highest BCUT2D eigenvalue weighted by Gasteiger charge is 2.26. The molecule has 0 amide bonds. The molecule has 0 aliphatic rings. The second-order valence-corrected chi connectivity index (χ2v) is 6.19. The van der Waals surface area contributed by atoms with Crippen molar-refractivity contribution in [1.29, 1.82) is 0 Å². The Kier molecular flexibility index (Phi) is 4.79. The molecular weight excluding hydrogens is 306 g/mol. The summed E-state index contributed by atoms with van der Waals surface area (Å²) < 4.78 is 31.8. The van der Waals surface area contributed by atoms with Gasteiger partial charge in [-0.15, -0.1) is 0 Å². The van der Waals surface area contributed by atoms with E-state index in [1.54, 1.807) is 30.3 Å². The molecule has 2 N–H and O–H groups in total. The molecule has 0 spiro atoms. The molecule has 0 aliphatic carbocycles. The Balaban J connectivity index is 2.30. The summed E-state index contributed by atoms with van der Waals surface area (Å²) in [6, 6.07) is 12.5. The number of nitrogens with one attached hydrogen (secondary N) is 1. The third-order valence-electron chi connectivity index (χ3n) is 3.02. The molecule has 0 aliphatic heterocycles. The average molecular weight is 321 g/mol. The summed E-state index contributed by atoms with van der Waals surface area (Å²) in [7, 11) is -2.49. The zero-order chi connectivity index (χ0) is 16.2. The summed E-state index contributed by atoms with van der Waals surface area (Å²) in [4.78, 5) is 11.3. The van der Waals surface area contributed by atoms with Crippen molar-refractivity contribution in [2.45, 2.75) is 10.9 Å². The molecule has 0 radical (unpaired) electrons. The van der Waals surface area contributed by atoms with Gasteiger partial charge in [0.05, 0.1) is 12.0 Å². The minimum Gasteiger partial charge on any atom is -0.497 e. The van der Waals surface area contributed by atoms with E-state index in [1.807, 2.05) is 0 Å². The number of hydrogen-bond donors (Lipinski definition) is 2. The van der Waals surface area contributed by atoms with E-state index in [-0.39, 0.29) is 4.90 Å². The van der Waals surface area contributed by atoms with Gasteiger partial charge in [0.15, 0.2) is 0 Å². The second kappa shape index (κ2) is 6.59. The predicted octanol–water partition coefficient (Wildman–Crippen LogP) is 1.80. The van der Waals surface area contributed by atoms with Crippen molar-refractivity contribution < 1.29 is 23.1 Å². The van der Waals surface area contributed by atoms with Crippen LogP contribution in [0, 0.1) is 0 Å². The maximum absolute atomic E-state index is 12.3. The topological polar surface area (TPSA) is 92.7 Å². The minimum atomic E-state index is -3.96. The molecule has 7 heteroatoms. The van der Waals surface area contributed by atoms with Gasteiger partial charge in [0, 0.05) is 0 Å². The lowest BCUT2D eigenvalue weighted by Gasteiger charge is -2.15. The van der Waals surface area contributed by atoms with Crippen LogP contribution in [-0.2, 0) is 14.8 Å². The number of rotatable bonds is 6. The molecule has 0 fully saturated rings. The SMILES string of the molecule is COc1ccc(S(=O)(=O)N[C@@H](C(=O)O)c2ccccc2)cc1. The Bertz CT molecular complexity index is 741. The molecule has 2 rings (SSSR count). The lowest BCUT2D eigenvalue weighted by atomic mass is 10.1. The first-order valence-corrected chi connectivity index (χ1v) is 7.86. The van der Waals surface area contributed by atoms with Crippen LogP contribution in [0.3, 0.4) is 0 Å². The van der Waals surface area contributed by atoms with Gasteiger partial charge < -0.3 is 9.84 Å². The van der Waals surface area contributed by atoms with Crippen molar-refractivity contribution in [1.82, 2.24) is 4.72 Å². The predicted molar refractivity (Wildman–Crippen MR) is 80.1 cm³/mol. The molecule has 0 aromatic heterocycles. The molecule has 2 aromatic rings. The Morgan fingerprint density at radius 1 is 1.09 bits per heavy atom. The molecule has 22 heavy (non-hydrogen) atoms. The number of sulfonamides is 1. The van der Waals surface area contributed by atoms with Crippen LogP contribution < -0.4 is 9.46 Å². The summed E-state index contributed by atoms with van der Waals surface area (Å²) in [5, 5.41) is 9.27. The van der Waals surface area contributed by atoms with E-state index in [1.165, 1.54) is 31.4 Å². The maximum Gasteiger partial charge on any atom is 0.326 e. The normalized spacial score (nSPS) is 12.6. The van der Waals surface area contributed by atoms with E-state index < -0.39 is 22.0 Å². The van der Waals surface area contributed by atoms with Gasteiger partial charge in [-0.3, -0.25) is 4.79 Å². The summed E-state index contributed by atoms with van der Waals surface area (Å²) in [6.45, 7) is 0. The molecule has 1 atom stereocenters. The van der Waals surface area contributed by atoms with Crippen LogP contribution in [0.25, 0.3) is 0 Å². The van der Waals surface area contributed by atoms with Gasteiger partial charge in [0.1, 0.15) is 11.8 Å². The summed E-state index contributed by atoms with van der Waals surface area (Å²) in [5.41, 5.74) is 0.354. The highest BCUT2D eigenvalue weighted by molar-refractivity contribution is 7.89. The number of carbonyl (C=O) groups is 1. The highest BCUT2D eigenvalue weighted by Crippen LogP contribution is 2.19. The maximum atomic E-state index is 12.3. The Hall–Kier alpha value is -2.38. The average Bonchev–Trinajstić information content (AvgIpc) is 2.53. The lowest BCUT2D eigenvalue weighted by molar-refractivity contribution is -0.139. The molecular formula is C15H15NO5S. The van der Waals surface area contributed by atoms with Gasteiger partial charge in [-0.1, -0.05) is 30.3 Å². The molecule has 6 nitrogen and oxygen atoms in total. The van der Waals surface area contributed by atoms with Crippen LogP contribution in [0.2, 0.25) is 0 Å². The molecule has 116 valence electrons. The largest absolute Gasteiger partial charge is 0.497 e. The Labute approximate surface area is 128 Å². The summed E-state index contributed by atoms with van der Waals surface area (Å²) in [5.74, 6) is -0.764. The van der Waals surface area contributed by atoms with Crippen LogP contribution in [0.1, 0.15) is 11.6 Å². The monoisotopic (exact) mass is 321 g/mol. The van der Waals surface area contributed by atoms with E-state index in [0.29, 0.717) is 11.3 Å². The first kappa shape index (κ1) is 16.0. The van der Waals surface area contributed by atoms with Gasteiger partial charge >= 0.3 is 5.97 Å². The third kappa shape index (κ3) is 3.63. The van der Waals surface area contributed by atoms with Gasteiger partial charge in [0.25, 0.3) is 0 Å². The lowest BCUT2D eigenvalue weighted by Crippen LogP contribution is -2.33. The quantitative estimate of drug-likeness (QED) is 0.846. The zero-order valence-corrected chi connectivity index (χ0v) is 12.6. The fourth-order valence-electron chi connectivity index (χ4n) is 1.88. The van der Waals surface area contributed by atoms with Gasteiger partial charge in [-0.25, -0.2) is 8.42 Å². The highest BCUT2D eigenvalue weighted by atomic mass is 32.2. The molecule has 0 unspecified atom stereocenters. The number of hydrogen-bond acceptors (Lipinski definition) is 4. The van der Waals surface area contributed by atoms with E-state index in [4.69, 9.17) is 4.74 Å². The van der Waals surface area contributed by atoms with Crippen molar-refractivity contribution in [3.8, 4) is 5.75 Å². The number of carboxylic acid groups (broad SMARTS) is 1.